The molecule has 2 unspecified atom stereocenters. The van der Waals surface area contributed by atoms with E-state index in [9.17, 15) is 23.9 Å². The summed E-state index contributed by atoms with van der Waals surface area (Å²) in [7, 11) is 0. The molecule has 29 heavy (non-hydrogen) atoms. The van der Waals surface area contributed by atoms with Gasteiger partial charge in [-0.1, -0.05) is 0 Å². The zero-order valence-corrected chi connectivity index (χ0v) is 16.2. The fraction of sp³-hybridized carbons (Fsp3) is 0.500. The predicted octanol–water partition coefficient (Wildman–Crippen LogP) is -0.221. The average Bonchev–Trinajstić information content (AvgIpc) is 3.06. The predicted molar refractivity (Wildman–Crippen MR) is 101 cm³/mol. The van der Waals surface area contributed by atoms with Gasteiger partial charge in [0, 0.05) is 13.5 Å². The van der Waals surface area contributed by atoms with Gasteiger partial charge in [0.05, 0.1) is 37.7 Å². The summed E-state index contributed by atoms with van der Waals surface area (Å²) in [5, 5.41) is 13.3. The highest BCUT2D eigenvalue weighted by Crippen LogP contribution is 2.28. The van der Waals surface area contributed by atoms with Gasteiger partial charge in [0.2, 0.25) is 5.91 Å². The molecule has 158 valence electrons. The lowest BCUT2D eigenvalue weighted by Crippen LogP contribution is -2.58. The number of nitrogens with one attached hydrogen (secondary N) is 2. The van der Waals surface area contributed by atoms with Crippen LogP contribution in [-0.2, 0) is 14.3 Å². The van der Waals surface area contributed by atoms with E-state index in [0.29, 0.717) is 17.9 Å². The Kier molecular flexibility index (Phi) is 6.18. The molecule has 2 heterocycles. The van der Waals surface area contributed by atoms with Crippen LogP contribution in [0.5, 0.6) is 0 Å². The molecule has 0 saturated carbocycles. The van der Waals surface area contributed by atoms with Crippen molar-refractivity contribution in [1.82, 2.24) is 15.8 Å². The van der Waals surface area contributed by atoms with Crippen LogP contribution < -0.4 is 20.5 Å². The lowest BCUT2D eigenvalue weighted by Gasteiger charge is -2.37. The number of halogens is 1. The van der Waals surface area contributed by atoms with E-state index in [-0.39, 0.29) is 32.2 Å². The van der Waals surface area contributed by atoms with E-state index in [0.717, 1.165) is 0 Å². The first kappa shape index (κ1) is 20.8. The number of nitrogens with zero attached hydrogens (tertiary/aromatic N) is 3. The number of hydrogen-bond donors (Lipinski definition) is 3. The van der Waals surface area contributed by atoms with Gasteiger partial charge in [-0.3, -0.25) is 19.5 Å². The summed E-state index contributed by atoms with van der Waals surface area (Å²) in [6, 6.07) is 4.44. The summed E-state index contributed by atoms with van der Waals surface area (Å²) < 4.78 is 19.9. The van der Waals surface area contributed by atoms with Crippen molar-refractivity contribution in [2.75, 3.05) is 42.6 Å². The number of carbonyl (C=O) groups excluding carboxylic acids is 3. The molecule has 1 aromatic carbocycles. The highest BCUT2D eigenvalue weighted by Gasteiger charge is 2.33. The normalized spacial score (nSPS) is 20.5. The van der Waals surface area contributed by atoms with Crippen LogP contribution in [0.15, 0.2) is 18.2 Å². The van der Waals surface area contributed by atoms with E-state index in [2.05, 4.69) is 10.7 Å². The standard InChI is InChI=1S/C18H24FN5O5/c1-11(25)17(27)24-6-5-22(10-21-24)16-4-3-13(7-15(16)19)23-9-14(29-18(23)28)8-20-12(2)26/h3-4,7,11,14,21,25H,5-6,8-10H2,1-2H3,(H,20,26). The molecule has 1 aromatic rings. The SMILES string of the molecule is CC(=O)NCC1CN(c2ccc(N3CCN(C(=O)C(C)O)NC3)c(F)c2)C(=O)O1. The van der Waals surface area contributed by atoms with Crippen molar-refractivity contribution >= 4 is 29.3 Å². The van der Waals surface area contributed by atoms with Gasteiger partial charge in [0.1, 0.15) is 18.0 Å². The third-order valence-corrected chi connectivity index (χ3v) is 4.71. The van der Waals surface area contributed by atoms with E-state index in [1.807, 2.05) is 0 Å². The van der Waals surface area contributed by atoms with Crippen LogP contribution in [0.1, 0.15) is 13.8 Å². The number of anilines is 2. The minimum atomic E-state index is -1.11. The molecule has 2 atom stereocenters. The second-order valence-electron chi connectivity index (χ2n) is 6.93. The van der Waals surface area contributed by atoms with Crippen LogP contribution in [0.25, 0.3) is 0 Å². The molecule has 2 aliphatic heterocycles. The zero-order valence-electron chi connectivity index (χ0n) is 16.2. The maximum absolute atomic E-state index is 14.7. The number of ether oxygens (including phenoxy) is 1. The van der Waals surface area contributed by atoms with Crippen LogP contribution in [0.4, 0.5) is 20.6 Å². The van der Waals surface area contributed by atoms with Gasteiger partial charge < -0.3 is 20.1 Å². The topological polar surface area (TPSA) is 114 Å². The number of aliphatic hydroxyl groups is 1. The Morgan fingerprint density at radius 3 is 2.76 bits per heavy atom. The number of rotatable bonds is 5. The summed E-state index contributed by atoms with van der Waals surface area (Å²) in [4.78, 5) is 37.9. The van der Waals surface area contributed by atoms with E-state index in [1.54, 1.807) is 17.0 Å². The Hall–Kier alpha value is -2.92. The van der Waals surface area contributed by atoms with Crippen LogP contribution in [0, 0.1) is 5.82 Å². The van der Waals surface area contributed by atoms with Crippen LogP contribution in [0.2, 0.25) is 0 Å². The third kappa shape index (κ3) is 4.74. The molecule has 0 bridgehead atoms. The van der Waals surface area contributed by atoms with Crippen molar-refractivity contribution in [1.29, 1.82) is 0 Å². The number of hydrazine groups is 1. The highest BCUT2D eigenvalue weighted by molar-refractivity contribution is 5.90. The molecule has 0 aliphatic carbocycles. The smallest absolute Gasteiger partial charge is 0.414 e. The van der Waals surface area contributed by atoms with Crippen molar-refractivity contribution in [2.24, 2.45) is 0 Å². The summed E-state index contributed by atoms with van der Waals surface area (Å²) in [5.41, 5.74) is 3.53. The second-order valence-corrected chi connectivity index (χ2v) is 6.93. The van der Waals surface area contributed by atoms with Crippen molar-refractivity contribution in [3.8, 4) is 0 Å². The first-order valence-electron chi connectivity index (χ1n) is 9.26. The lowest BCUT2D eigenvalue weighted by molar-refractivity contribution is -0.143. The van der Waals surface area contributed by atoms with Gasteiger partial charge in [-0.25, -0.2) is 14.6 Å². The Morgan fingerprint density at radius 2 is 2.17 bits per heavy atom. The zero-order chi connectivity index (χ0) is 21.1. The van der Waals surface area contributed by atoms with Gasteiger partial charge in [-0.15, -0.1) is 0 Å². The van der Waals surface area contributed by atoms with Gasteiger partial charge in [-0.2, -0.15) is 0 Å². The number of benzene rings is 1. The molecule has 0 aromatic heterocycles. The summed E-state index contributed by atoms with van der Waals surface area (Å²) in [6.45, 7) is 4.02. The second kappa shape index (κ2) is 8.62. The van der Waals surface area contributed by atoms with Crippen LogP contribution in [-0.4, -0.2) is 73.1 Å². The fourth-order valence-electron chi connectivity index (χ4n) is 3.19. The molecule has 11 heteroatoms. The quantitative estimate of drug-likeness (QED) is 0.616. The molecule has 0 spiro atoms. The molecule has 2 saturated heterocycles. The van der Waals surface area contributed by atoms with Crippen molar-refractivity contribution in [3.63, 3.8) is 0 Å². The number of hydrogen-bond acceptors (Lipinski definition) is 7. The highest BCUT2D eigenvalue weighted by atomic mass is 19.1. The molecular weight excluding hydrogens is 385 g/mol. The third-order valence-electron chi connectivity index (χ3n) is 4.71. The Morgan fingerprint density at radius 1 is 1.41 bits per heavy atom. The first-order valence-corrected chi connectivity index (χ1v) is 9.26. The molecule has 3 rings (SSSR count). The Bertz CT molecular complexity index is 797. The van der Waals surface area contributed by atoms with Gasteiger partial charge in [-0.05, 0) is 25.1 Å². The van der Waals surface area contributed by atoms with Crippen LogP contribution in [0.3, 0.4) is 0 Å². The van der Waals surface area contributed by atoms with Crippen molar-refractivity contribution < 1.29 is 28.6 Å². The molecule has 0 radical (unpaired) electrons. The molecular formula is C18H24FN5O5. The van der Waals surface area contributed by atoms with Crippen molar-refractivity contribution in [3.05, 3.63) is 24.0 Å². The molecule has 2 aliphatic rings. The minimum Gasteiger partial charge on any atom is -0.442 e. The van der Waals surface area contributed by atoms with Gasteiger partial charge >= 0.3 is 6.09 Å². The van der Waals surface area contributed by atoms with E-state index in [4.69, 9.17) is 4.74 Å². The fourth-order valence-corrected chi connectivity index (χ4v) is 3.19. The van der Waals surface area contributed by atoms with E-state index < -0.39 is 30.0 Å². The molecule has 3 N–H and O–H groups in total. The summed E-state index contributed by atoms with van der Waals surface area (Å²) in [6.07, 6.45) is -2.21. The molecule has 2 fully saturated rings. The summed E-state index contributed by atoms with van der Waals surface area (Å²) >= 11 is 0. The van der Waals surface area contributed by atoms with Gasteiger partial charge in [0.15, 0.2) is 0 Å². The van der Waals surface area contributed by atoms with E-state index in [1.165, 1.54) is 29.8 Å². The van der Waals surface area contributed by atoms with E-state index >= 15 is 0 Å². The van der Waals surface area contributed by atoms with Gasteiger partial charge in [0.25, 0.3) is 5.91 Å². The number of aliphatic hydroxyl groups excluding tert-OH is 1. The maximum Gasteiger partial charge on any atom is 0.414 e. The lowest BCUT2D eigenvalue weighted by atomic mass is 10.2. The number of carbonyl (C=O) groups is 3. The molecule has 3 amide bonds. The average molecular weight is 409 g/mol. The Balaban J connectivity index is 1.63. The number of cyclic esters (lactones) is 1. The minimum absolute atomic E-state index is 0.194. The maximum atomic E-state index is 14.7. The molecule has 10 nitrogen and oxygen atoms in total. The summed E-state index contributed by atoms with van der Waals surface area (Å²) in [5.74, 6) is -1.18. The Labute approximate surface area is 167 Å². The monoisotopic (exact) mass is 409 g/mol. The van der Waals surface area contributed by atoms with Crippen molar-refractivity contribution in [2.45, 2.75) is 26.1 Å². The largest absolute Gasteiger partial charge is 0.442 e. The van der Waals surface area contributed by atoms with Crippen LogP contribution >= 0.6 is 0 Å². The number of amides is 3. The first-order chi connectivity index (χ1) is 13.8.